The maximum atomic E-state index is 11.9. The standard InChI is InChI=1S/C16H16ClN3O2/c1-11-4-2-5-12(8-11)16(22)18-10-15(21)20-19-14-7-3-6-13(17)9-14/h2-9,19H,10H2,1H3,(H,18,22)(H,20,21). The molecule has 114 valence electrons. The summed E-state index contributed by atoms with van der Waals surface area (Å²) in [5, 5.41) is 3.12. The molecule has 0 saturated carbocycles. The van der Waals surface area contributed by atoms with Crippen LogP contribution < -0.4 is 16.2 Å². The average Bonchev–Trinajstić information content (AvgIpc) is 2.50. The highest BCUT2D eigenvalue weighted by Gasteiger charge is 2.07. The summed E-state index contributed by atoms with van der Waals surface area (Å²) in [6, 6.07) is 14.1. The first kappa shape index (κ1) is 15.9. The van der Waals surface area contributed by atoms with Crippen molar-refractivity contribution in [2.45, 2.75) is 6.92 Å². The topological polar surface area (TPSA) is 70.2 Å². The lowest BCUT2D eigenvalue weighted by Crippen LogP contribution is -2.39. The van der Waals surface area contributed by atoms with E-state index in [0.717, 1.165) is 5.56 Å². The van der Waals surface area contributed by atoms with Crippen LogP contribution in [0.1, 0.15) is 15.9 Å². The Balaban J connectivity index is 1.79. The third-order valence-electron chi connectivity index (χ3n) is 2.86. The van der Waals surface area contributed by atoms with Crippen LogP contribution in [0.15, 0.2) is 48.5 Å². The molecule has 0 radical (unpaired) electrons. The average molecular weight is 318 g/mol. The Morgan fingerprint density at radius 1 is 1.09 bits per heavy atom. The van der Waals surface area contributed by atoms with Crippen molar-refractivity contribution in [3.8, 4) is 0 Å². The Morgan fingerprint density at radius 3 is 2.59 bits per heavy atom. The summed E-state index contributed by atoms with van der Waals surface area (Å²) in [7, 11) is 0. The summed E-state index contributed by atoms with van der Waals surface area (Å²) in [6.45, 7) is 1.78. The molecule has 22 heavy (non-hydrogen) atoms. The third-order valence-corrected chi connectivity index (χ3v) is 3.10. The van der Waals surface area contributed by atoms with Crippen molar-refractivity contribution in [1.82, 2.24) is 10.7 Å². The number of halogens is 1. The van der Waals surface area contributed by atoms with Crippen LogP contribution in [-0.4, -0.2) is 18.4 Å². The minimum atomic E-state index is -0.360. The van der Waals surface area contributed by atoms with Crippen LogP contribution >= 0.6 is 11.6 Å². The smallest absolute Gasteiger partial charge is 0.257 e. The molecule has 2 aromatic carbocycles. The van der Waals surface area contributed by atoms with E-state index >= 15 is 0 Å². The number of nitrogens with one attached hydrogen (secondary N) is 3. The molecular weight excluding hydrogens is 302 g/mol. The summed E-state index contributed by atoms with van der Waals surface area (Å²) in [5.41, 5.74) is 7.37. The van der Waals surface area contributed by atoms with E-state index in [2.05, 4.69) is 16.2 Å². The lowest BCUT2D eigenvalue weighted by molar-refractivity contribution is -0.119. The second-order valence-corrected chi connectivity index (χ2v) is 5.17. The predicted octanol–water partition coefficient (Wildman–Crippen LogP) is 2.52. The first-order chi connectivity index (χ1) is 10.5. The molecule has 0 aromatic heterocycles. The molecule has 2 amide bonds. The van der Waals surface area contributed by atoms with Crippen LogP contribution in [0.4, 0.5) is 5.69 Å². The zero-order chi connectivity index (χ0) is 15.9. The van der Waals surface area contributed by atoms with E-state index in [-0.39, 0.29) is 18.4 Å². The number of hydrogen-bond donors (Lipinski definition) is 3. The SMILES string of the molecule is Cc1cccc(C(=O)NCC(=O)NNc2cccc(Cl)c2)c1. The van der Waals surface area contributed by atoms with Crippen LogP contribution in [0.2, 0.25) is 5.02 Å². The lowest BCUT2D eigenvalue weighted by Gasteiger charge is -2.09. The maximum Gasteiger partial charge on any atom is 0.257 e. The number of carbonyl (C=O) groups is 2. The van der Waals surface area contributed by atoms with Gasteiger partial charge in [0, 0.05) is 10.6 Å². The van der Waals surface area contributed by atoms with E-state index in [0.29, 0.717) is 16.3 Å². The molecule has 5 nitrogen and oxygen atoms in total. The minimum Gasteiger partial charge on any atom is -0.343 e. The summed E-state index contributed by atoms with van der Waals surface area (Å²) in [4.78, 5) is 23.6. The van der Waals surface area contributed by atoms with E-state index in [1.165, 1.54) is 0 Å². The van der Waals surface area contributed by atoms with Gasteiger partial charge in [0.25, 0.3) is 11.8 Å². The number of carbonyl (C=O) groups excluding carboxylic acids is 2. The summed E-state index contributed by atoms with van der Waals surface area (Å²) >= 11 is 5.83. The first-order valence-corrected chi connectivity index (χ1v) is 7.08. The number of benzene rings is 2. The quantitative estimate of drug-likeness (QED) is 0.742. The molecule has 6 heteroatoms. The van der Waals surface area contributed by atoms with Crippen molar-refractivity contribution in [1.29, 1.82) is 0 Å². The fourth-order valence-electron chi connectivity index (χ4n) is 1.80. The molecule has 0 spiro atoms. The van der Waals surface area contributed by atoms with Gasteiger partial charge in [0.1, 0.15) is 0 Å². The second-order valence-electron chi connectivity index (χ2n) is 4.74. The summed E-state index contributed by atoms with van der Waals surface area (Å²) in [6.07, 6.45) is 0. The second kappa shape index (κ2) is 7.47. The molecule has 0 unspecified atom stereocenters. The Kier molecular flexibility index (Phi) is 5.38. The fourth-order valence-corrected chi connectivity index (χ4v) is 1.99. The van der Waals surface area contributed by atoms with Crippen LogP contribution in [0.25, 0.3) is 0 Å². The van der Waals surface area contributed by atoms with Gasteiger partial charge in [0.15, 0.2) is 0 Å². The van der Waals surface area contributed by atoms with Gasteiger partial charge in [-0.05, 0) is 37.3 Å². The highest BCUT2D eigenvalue weighted by Crippen LogP contribution is 2.13. The predicted molar refractivity (Wildman–Crippen MR) is 86.7 cm³/mol. The molecule has 0 aliphatic carbocycles. The molecule has 3 N–H and O–H groups in total. The zero-order valence-electron chi connectivity index (χ0n) is 12.0. The molecule has 0 atom stereocenters. The van der Waals surface area contributed by atoms with Gasteiger partial charge in [-0.2, -0.15) is 0 Å². The molecule has 0 heterocycles. The summed E-state index contributed by atoms with van der Waals surface area (Å²) < 4.78 is 0. The van der Waals surface area contributed by atoms with Crippen LogP contribution in [0, 0.1) is 6.92 Å². The molecule has 2 aromatic rings. The lowest BCUT2D eigenvalue weighted by atomic mass is 10.1. The number of amides is 2. The largest absolute Gasteiger partial charge is 0.343 e. The number of anilines is 1. The molecule has 0 aliphatic rings. The van der Waals surface area contributed by atoms with Gasteiger partial charge < -0.3 is 5.32 Å². The van der Waals surface area contributed by atoms with Gasteiger partial charge >= 0.3 is 0 Å². The van der Waals surface area contributed by atoms with Gasteiger partial charge in [-0.25, -0.2) is 0 Å². The van der Waals surface area contributed by atoms with Crippen molar-refractivity contribution >= 4 is 29.1 Å². The zero-order valence-corrected chi connectivity index (χ0v) is 12.8. The Hall–Kier alpha value is -2.53. The van der Waals surface area contributed by atoms with Crippen molar-refractivity contribution < 1.29 is 9.59 Å². The fraction of sp³-hybridized carbons (Fsp3) is 0.125. The molecular formula is C16H16ClN3O2. The maximum absolute atomic E-state index is 11.9. The highest BCUT2D eigenvalue weighted by molar-refractivity contribution is 6.30. The van der Waals surface area contributed by atoms with Gasteiger partial charge in [-0.15, -0.1) is 0 Å². The van der Waals surface area contributed by atoms with Gasteiger partial charge in [-0.1, -0.05) is 35.4 Å². The first-order valence-electron chi connectivity index (χ1n) is 6.70. The van der Waals surface area contributed by atoms with E-state index < -0.39 is 0 Å². The van der Waals surface area contributed by atoms with E-state index in [1.807, 2.05) is 13.0 Å². The number of hydrogen-bond acceptors (Lipinski definition) is 3. The van der Waals surface area contributed by atoms with E-state index in [1.54, 1.807) is 42.5 Å². The minimum absolute atomic E-state index is 0.125. The van der Waals surface area contributed by atoms with Crippen molar-refractivity contribution in [2.24, 2.45) is 0 Å². The van der Waals surface area contributed by atoms with Crippen LogP contribution in [-0.2, 0) is 4.79 Å². The number of rotatable bonds is 5. The van der Waals surface area contributed by atoms with Gasteiger partial charge in [0.2, 0.25) is 0 Å². The molecule has 0 saturated heterocycles. The number of aryl methyl sites for hydroxylation is 1. The highest BCUT2D eigenvalue weighted by atomic mass is 35.5. The van der Waals surface area contributed by atoms with Gasteiger partial charge in [-0.3, -0.25) is 20.4 Å². The van der Waals surface area contributed by atoms with Crippen LogP contribution in [0.3, 0.4) is 0 Å². The number of hydrazine groups is 1. The Bertz CT molecular complexity index is 689. The van der Waals surface area contributed by atoms with E-state index in [4.69, 9.17) is 11.6 Å². The van der Waals surface area contributed by atoms with Crippen molar-refractivity contribution in [3.05, 3.63) is 64.7 Å². The third kappa shape index (κ3) is 4.79. The normalized spacial score (nSPS) is 9.91. The van der Waals surface area contributed by atoms with E-state index in [9.17, 15) is 9.59 Å². The van der Waals surface area contributed by atoms with Gasteiger partial charge in [0.05, 0.1) is 12.2 Å². The van der Waals surface area contributed by atoms with Crippen molar-refractivity contribution in [3.63, 3.8) is 0 Å². The Morgan fingerprint density at radius 2 is 1.86 bits per heavy atom. The molecule has 0 bridgehead atoms. The summed E-state index contributed by atoms with van der Waals surface area (Å²) in [5.74, 6) is -0.650. The molecule has 2 rings (SSSR count). The van der Waals surface area contributed by atoms with Crippen LogP contribution in [0.5, 0.6) is 0 Å². The van der Waals surface area contributed by atoms with Crippen molar-refractivity contribution in [2.75, 3.05) is 12.0 Å². The monoisotopic (exact) mass is 317 g/mol. The molecule has 0 fully saturated rings. The Labute approximate surface area is 133 Å². The molecule has 0 aliphatic heterocycles.